The Morgan fingerprint density at radius 2 is 1.27 bits per heavy atom. The number of terminal acetylenes is 1. The van der Waals surface area contributed by atoms with E-state index >= 15 is 0 Å². The molecule has 8 aromatic rings. The number of aliphatic hydroxyl groups excluding tert-OH is 1. The number of carbonyl (C=O) groups is 1. The summed E-state index contributed by atoms with van der Waals surface area (Å²) in [5.74, 6) is 3.08. The van der Waals surface area contributed by atoms with Crippen LogP contribution in [-0.2, 0) is 4.79 Å². The van der Waals surface area contributed by atoms with E-state index in [1.165, 1.54) is 46.9 Å². The zero-order chi connectivity index (χ0) is 50.8. The lowest BCUT2D eigenvalue weighted by Crippen LogP contribution is -2.57. The van der Waals surface area contributed by atoms with Crippen molar-refractivity contribution in [3.8, 4) is 40.9 Å². The molecule has 73 heavy (non-hydrogen) atoms. The predicted octanol–water partition coefficient (Wildman–Crippen LogP) is 10.0. The number of hydrogen-bond acceptors (Lipinski definition) is 13. The smallest absolute Gasteiger partial charge is 0.236 e. The van der Waals surface area contributed by atoms with Crippen molar-refractivity contribution in [3.05, 3.63) is 121 Å². The third-order valence-corrected chi connectivity index (χ3v) is 17.0. The van der Waals surface area contributed by atoms with E-state index in [0.717, 1.165) is 123 Å². The number of fused-ring (bicyclic) bond motifs is 2. The highest BCUT2D eigenvalue weighted by Gasteiger charge is 2.36. The largest absolute Gasteiger partial charge is 0.389 e. The number of nitrogens with zero attached hydrogens (tertiary/aromatic N) is 12. The number of aromatic nitrogens is 6. The van der Waals surface area contributed by atoms with Crippen LogP contribution in [0.2, 0.25) is 0 Å². The Bertz CT molecular complexity index is 3500. The topological polar surface area (TPSA) is 138 Å². The number of anilines is 5. The van der Waals surface area contributed by atoms with Crippen LogP contribution in [0.3, 0.4) is 0 Å². The van der Waals surface area contributed by atoms with Crippen LogP contribution >= 0.6 is 38.6 Å². The maximum absolute atomic E-state index is 13.6. The average molecular weight is 1080 g/mol. The minimum atomic E-state index is -0.382. The van der Waals surface area contributed by atoms with Gasteiger partial charge in [0.25, 0.3) is 0 Å². The van der Waals surface area contributed by atoms with Crippen LogP contribution in [0.4, 0.5) is 36.1 Å². The fourth-order valence-electron chi connectivity index (χ4n) is 9.62. The maximum atomic E-state index is 13.6. The molecule has 8 heterocycles. The molecule has 4 fully saturated rings. The van der Waals surface area contributed by atoms with Crippen molar-refractivity contribution < 1.29 is 18.7 Å². The van der Waals surface area contributed by atoms with Crippen molar-refractivity contribution in [2.75, 3.05) is 74.6 Å². The summed E-state index contributed by atoms with van der Waals surface area (Å²) in [7, 11) is 3.98. The van der Waals surface area contributed by atoms with Gasteiger partial charge in [-0.1, -0.05) is 44.5 Å². The number of halogens is 3. The van der Waals surface area contributed by atoms with Crippen molar-refractivity contribution in [2.45, 2.75) is 57.5 Å². The summed E-state index contributed by atoms with van der Waals surface area (Å²) in [5, 5.41) is 30.8. The number of thiazole rings is 2. The first kappa shape index (κ1) is 48.5. The lowest BCUT2D eigenvalue weighted by atomic mass is 10.1. The van der Waals surface area contributed by atoms with Gasteiger partial charge < -0.3 is 24.7 Å². The second-order valence-corrected chi connectivity index (χ2v) is 22.1. The highest BCUT2D eigenvalue weighted by molar-refractivity contribution is 9.10. The predicted molar refractivity (Wildman–Crippen MR) is 287 cm³/mol. The molecule has 2 aliphatic heterocycles. The summed E-state index contributed by atoms with van der Waals surface area (Å²) >= 11 is 6.43. The Kier molecular flexibility index (Phi) is 13.0. The van der Waals surface area contributed by atoms with Gasteiger partial charge in [0.05, 0.1) is 52.1 Å². The van der Waals surface area contributed by atoms with Crippen LogP contribution < -0.4 is 14.7 Å². The molecule has 2 saturated heterocycles. The van der Waals surface area contributed by atoms with Gasteiger partial charge in [0.2, 0.25) is 5.91 Å². The fourth-order valence-corrected chi connectivity index (χ4v) is 11.7. The molecule has 0 unspecified atom stereocenters. The number of likely N-dealkylation sites (tertiary alicyclic amines) is 1. The van der Waals surface area contributed by atoms with Crippen LogP contribution in [-0.4, -0.2) is 116 Å². The second kappa shape index (κ2) is 19.6. The number of aliphatic hydroxyl groups is 1. The standard InChI is InChI=1S/C31H33FN8O2S.C23H18BrFN4S/c1-19-15-40-25(13-24(19)38-11-9-37(10-12-38)18-27(42)39-16-23(41)17-39)30(29(35-40)21-3-4-21)36(2)31-34-28(26(14-33)43-31)20-5-7-22(32)8-6-20;1-4-19-20(14-7-9-16(25)10-8-14)26-23(30-19)28(3)22-18-11-17(24)13(2)12-29(18)27-21(22)15-5-6-15/h5-8,13,15,21,23,41H,3-4,9-12,16-18H2,1-2H3;1,7-12,15H,5-6H2,2-3H3. The van der Waals surface area contributed by atoms with Gasteiger partial charge in [-0.25, -0.2) is 27.8 Å². The van der Waals surface area contributed by atoms with E-state index in [-0.39, 0.29) is 23.6 Å². The second-order valence-electron chi connectivity index (χ2n) is 19.3. The Morgan fingerprint density at radius 1 is 0.781 bits per heavy atom. The van der Waals surface area contributed by atoms with Crippen LogP contribution in [0.5, 0.6) is 0 Å². The van der Waals surface area contributed by atoms with E-state index < -0.39 is 0 Å². The molecule has 14 nitrogen and oxygen atoms in total. The number of piperazine rings is 1. The molecule has 12 rings (SSSR count). The molecule has 1 N–H and O–H groups in total. The molecule has 0 atom stereocenters. The molecule has 0 radical (unpaired) electrons. The number of β-amino-alcohol motifs (C(OH)–C–C–N with tert-alkyl or cyclic N) is 1. The first-order valence-corrected chi connectivity index (χ1v) is 26.7. The third-order valence-electron chi connectivity index (χ3n) is 14.0. The lowest BCUT2D eigenvalue weighted by molar-refractivity contribution is -0.142. The minimum Gasteiger partial charge on any atom is -0.389 e. The molecular weight excluding hydrogens is 1030 g/mol. The Hall–Kier alpha value is -6.74. The molecule has 4 aliphatic rings. The summed E-state index contributed by atoms with van der Waals surface area (Å²) in [6.07, 6.45) is 14.0. The van der Waals surface area contributed by atoms with E-state index in [0.29, 0.717) is 58.4 Å². The highest BCUT2D eigenvalue weighted by Crippen LogP contribution is 2.49. The summed E-state index contributed by atoms with van der Waals surface area (Å²) in [5.41, 5.74) is 12.4. The normalized spacial score (nSPS) is 16.0. The molecule has 0 bridgehead atoms. The number of amides is 1. The van der Waals surface area contributed by atoms with Gasteiger partial charge in [-0.3, -0.25) is 9.69 Å². The van der Waals surface area contributed by atoms with Crippen molar-refractivity contribution in [1.29, 1.82) is 5.26 Å². The molecule has 372 valence electrons. The van der Waals surface area contributed by atoms with E-state index in [4.69, 9.17) is 26.6 Å². The number of rotatable bonds is 11. The van der Waals surface area contributed by atoms with Crippen molar-refractivity contribution in [3.63, 3.8) is 0 Å². The zero-order valence-corrected chi connectivity index (χ0v) is 43.9. The lowest BCUT2D eigenvalue weighted by Gasteiger charge is -2.40. The first-order valence-electron chi connectivity index (χ1n) is 24.3. The van der Waals surface area contributed by atoms with E-state index in [1.54, 1.807) is 29.2 Å². The van der Waals surface area contributed by atoms with E-state index in [9.17, 15) is 23.9 Å². The number of benzene rings is 2. The average Bonchev–Trinajstić information content (AvgIpc) is 4.25. The molecule has 2 aliphatic carbocycles. The number of carbonyl (C=O) groups excluding carboxylic acids is 1. The van der Waals surface area contributed by atoms with Crippen molar-refractivity contribution in [2.24, 2.45) is 0 Å². The zero-order valence-electron chi connectivity index (χ0n) is 40.7. The summed E-state index contributed by atoms with van der Waals surface area (Å²) in [6, 6.07) is 18.9. The third kappa shape index (κ3) is 9.56. The van der Waals surface area contributed by atoms with Crippen LogP contribution in [0.25, 0.3) is 33.5 Å². The van der Waals surface area contributed by atoms with E-state index in [1.807, 2.05) is 34.2 Å². The Balaban J connectivity index is 0.000000168. The molecule has 0 spiro atoms. The molecule has 2 saturated carbocycles. The van der Waals surface area contributed by atoms with Crippen molar-refractivity contribution >= 4 is 82.9 Å². The quantitative estimate of drug-likeness (QED) is 0.124. The van der Waals surface area contributed by atoms with Crippen LogP contribution in [0, 0.1) is 49.2 Å². The number of aryl methyl sites for hydroxylation is 2. The van der Waals surface area contributed by atoms with Gasteiger partial charge >= 0.3 is 0 Å². The van der Waals surface area contributed by atoms with Crippen molar-refractivity contribution in [1.82, 2.24) is 39.0 Å². The minimum absolute atomic E-state index is 0.0835. The number of hydrogen-bond donors (Lipinski definition) is 1. The van der Waals surface area contributed by atoms with Crippen LogP contribution in [0.15, 0.2) is 77.5 Å². The number of pyridine rings is 2. The Morgan fingerprint density at radius 3 is 1.77 bits per heavy atom. The summed E-state index contributed by atoms with van der Waals surface area (Å²) in [4.78, 5) is 33.8. The molecule has 1 amide bonds. The first-order chi connectivity index (χ1) is 35.2. The molecule has 2 aromatic carbocycles. The number of nitriles is 1. The SMILES string of the molecule is C#Cc1sc(N(C)c2c(C3CC3)nn3cc(C)c(Br)cc23)nc1-c1ccc(F)cc1.Cc1cn2nc(C3CC3)c(N(C)c3nc(-c4ccc(F)cc4)c(C#N)s3)c2cc1N1CCN(CC(=O)N2CC(O)C2)CC1. The van der Waals surface area contributed by atoms with Gasteiger partial charge in [-0.2, -0.15) is 15.5 Å². The maximum Gasteiger partial charge on any atom is 0.236 e. The summed E-state index contributed by atoms with van der Waals surface area (Å²) in [6.45, 7) is 8.62. The van der Waals surface area contributed by atoms with Gasteiger partial charge in [0, 0.05) is 98.9 Å². The van der Waals surface area contributed by atoms with Gasteiger partial charge in [-0.05, 0) is 111 Å². The molecule has 19 heteroatoms. The molecular formula is C54H51BrF2N12O2S2. The van der Waals surface area contributed by atoms with Gasteiger partial charge in [0.1, 0.15) is 33.2 Å². The van der Waals surface area contributed by atoms with Gasteiger partial charge in [-0.15, -0.1) is 6.42 Å². The van der Waals surface area contributed by atoms with Gasteiger partial charge in [0.15, 0.2) is 10.3 Å². The highest BCUT2D eigenvalue weighted by atomic mass is 79.9. The molecule has 6 aromatic heterocycles. The monoisotopic (exact) mass is 1080 g/mol. The Labute approximate surface area is 437 Å². The fraction of sp³-hybridized carbons (Fsp3) is 0.333. The van der Waals surface area contributed by atoms with Crippen LogP contribution in [0.1, 0.15) is 69.8 Å². The van der Waals surface area contributed by atoms with E-state index in [2.05, 4.69) is 74.8 Å². The summed E-state index contributed by atoms with van der Waals surface area (Å²) < 4.78 is 31.9.